The molecule has 0 saturated heterocycles. The van der Waals surface area contributed by atoms with E-state index in [1.54, 1.807) is 21.1 Å². The van der Waals surface area contributed by atoms with Crippen molar-refractivity contribution >= 4 is 17.9 Å². The van der Waals surface area contributed by atoms with Crippen molar-refractivity contribution in [3.63, 3.8) is 0 Å². The van der Waals surface area contributed by atoms with Gasteiger partial charge in [-0.3, -0.25) is 9.59 Å². The fourth-order valence-corrected chi connectivity index (χ4v) is 7.15. The van der Waals surface area contributed by atoms with E-state index in [0.29, 0.717) is 12.8 Å². The van der Waals surface area contributed by atoms with E-state index in [1.165, 1.54) is 89.9 Å². The minimum absolute atomic E-state index is 0.0305. The summed E-state index contributed by atoms with van der Waals surface area (Å²) in [5, 5.41) is 11.7. The van der Waals surface area contributed by atoms with Crippen LogP contribution in [0, 0.1) is 0 Å². The van der Waals surface area contributed by atoms with Crippen LogP contribution in [0.5, 0.6) is 0 Å². The molecule has 0 aliphatic carbocycles. The van der Waals surface area contributed by atoms with Gasteiger partial charge in [-0.1, -0.05) is 177 Å². The van der Waals surface area contributed by atoms with Crippen molar-refractivity contribution in [2.24, 2.45) is 0 Å². The van der Waals surface area contributed by atoms with Crippen molar-refractivity contribution in [2.45, 2.75) is 219 Å². The van der Waals surface area contributed by atoms with E-state index in [4.69, 9.17) is 14.2 Å². The maximum absolute atomic E-state index is 12.8. The SMILES string of the molecule is CC/C=C/C/C=C/C/C=C/C/C=C/C/C=C/CCCCCCCCC(=O)OC(COCCC(C(=O)[O-])[N+](C)(C)C)COC(=O)CCCCCCCCC/C=C/CCCCCCCC. The Hall–Kier alpha value is -3.23. The fourth-order valence-electron chi connectivity index (χ4n) is 7.15. The maximum Gasteiger partial charge on any atom is 0.306 e. The van der Waals surface area contributed by atoms with Crippen molar-refractivity contribution in [1.29, 1.82) is 0 Å². The van der Waals surface area contributed by atoms with Gasteiger partial charge in [-0.25, -0.2) is 0 Å². The highest BCUT2D eigenvalue weighted by atomic mass is 16.6. The summed E-state index contributed by atoms with van der Waals surface area (Å²) in [4.78, 5) is 37.0. The fraction of sp³-hybridized carbons (Fsp3) is 0.727. The Labute approximate surface area is 387 Å². The maximum atomic E-state index is 12.8. The number of aliphatic carboxylic acids is 1. The van der Waals surface area contributed by atoms with E-state index >= 15 is 0 Å². The molecule has 0 amide bonds. The number of likely N-dealkylation sites (N-methyl/N-ethyl adjacent to an activating group) is 1. The molecule has 0 aromatic rings. The normalized spacial score (nSPS) is 13.5. The zero-order valence-corrected chi connectivity index (χ0v) is 41.2. The first-order valence-electron chi connectivity index (χ1n) is 25.5. The molecule has 2 atom stereocenters. The zero-order valence-electron chi connectivity index (χ0n) is 41.2. The van der Waals surface area contributed by atoms with Crippen molar-refractivity contribution in [3.05, 3.63) is 72.9 Å². The molecule has 8 nitrogen and oxygen atoms in total. The summed E-state index contributed by atoms with van der Waals surface area (Å²) in [7, 11) is 5.40. The van der Waals surface area contributed by atoms with E-state index in [1.807, 2.05) is 0 Å². The first-order valence-corrected chi connectivity index (χ1v) is 25.5. The van der Waals surface area contributed by atoms with E-state index in [2.05, 4.69) is 86.8 Å². The molecule has 0 radical (unpaired) electrons. The highest BCUT2D eigenvalue weighted by Gasteiger charge is 2.25. The second-order valence-electron chi connectivity index (χ2n) is 18.0. The monoisotopic (exact) mass is 882 g/mol. The van der Waals surface area contributed by atoms with Crippen LogP contribution in [-0.2, 0) is 28.6 Å². The van der Waals surface area contributed by atoms with E-state index in [-0.39, 0.29) is 42.7 Å². The van der Waals surface area contributed by atoms with Gasteiger partial charge in [-0.2, -0.15) is 0 Å². The zero-order chi connectivity index (χ0) is 46.3. The first-order chi connectivity index (χ1) is 30.6. The van der Waals surface area contributed by atoms with Gasteiger partial charge in [-0.15, -0.1) is 0 Å². The number of carboxylic acid groups (broad SMARTS) is 1. The predicted octanol–water partition coefficient (Wildman–Crippen LogP) is 13.4. The molecule has 0 bridgehead atoms. The molecule has 0 N–H and O–H groups in total. The Morgan fingerprint density at radius 1 is 0.492 bits per heavy atom. The number of hydrogen-bond donors (Lipinski definition) is 0. The van der Waals surface area contributed by atoms with E-state index in [0.717, 1.165) is 83.5 Å². The minimum atomic E-state index is -1.13. The van der Waals surface area contributed by atoms with Gasteiger partial charge in [0.05, 0.1) is 40.3 Å². The Kier molecular flexibility index (Phi) is 43.0. The van der Waals surface area contributed by atoms with Gasteiger partial charge in [-0.05, 0) is 83.5 Å². The molecule has 63 heavy (non-hydrogen) atoms. The quantitative estimate of drug-likeness (QED) is 0.0260. The number of allylic oxidation sites excluding steroid dienone is 12. The molecule has 0 aliphatic heterocycles. The van der Waals surface area contributed by atoms with Crippen molar-refractivity contribution < 1.29 is 38.2 Å². The molecule has 2 unspecified atom stereocenters. The number of carbonyl (C=O) groups excluding carboxylic acids is 3. The number of esters is 2. The molecule has 0 aromatic carbocycles. The van der Waals surface area contributed by atoms with Gasteiger partial charge in [0, 0.05) is 19.3 Å². The molecule has 0 aliphatic rings. The number of unbranched alkanes of at least 4 members (excludes halogenated alkanes) is 19. The molecular weight excluding hydrogens is 787 g/mol. The second kappa shape index (κ2) is 45.3. The van der Waals surface area contributed by atoms with Gasteiger partial charge in [0.1, 0.15) is 12.6 Å². The van der Waals surface area contributed by atoms with Crippen molar-refractivity contribution in [1.82, 2.24) is 0 Å². The Morgan fingerprint density at radius 2 is 0.889 bits per heavy atom. The summed E-state index contributed by atoms with van der Waals surface area (Å²) in [6.45, 7) is 4.53. The first kappa shape index (κ1) is 59.8. The summed E-state index contributed by atoms with van der Waals surface area (Å²) >= 11 is 0. The third kappa shape index (κ3) is 43.8. The van der Waals surface area contributed by atoms with Crippen LogP contribution >= 0.6 is 0 Å². The molecule has 0 saturated carbocycles. The average molecular weight is 882 g/mol. The highest BCUT2D eigenvalue weighted by Crippen LogP contribution is 2.14. The third-order valence-corrected chi connectivity index (χ3v) is 11.1. The van der Waals surface area contributed by atoms with Gasteiger partial charge >= 0.3 is 11.9 Å². The molecule has 0 heterocycles. The van der Waals surface area contributed by atoms with E-state index in [9.17, 15) is 19.5 Å². The lowest BCUT2D eigenvalue weighted by molar-refractivity contribution is -0.889. The summed E-state index contributed by atoms with van der Waals surface area (Å²) in [5.41, 5.74) is 0. The molecule has 0 fully saturated rings. The molecule has 8 heteroatoms. The van der Waals surface area contributed by atoms with E-state index < -0.39 is 18.1 Å². The predicted molar refractivity (Wildman–Crippen MR) is 263 cm³/mol. The molecule has 362 valence electrons. The average Bonchev–Trinajstić information content (AvgIpc) is 3.24. The van der Waals surface area contributed by atoms with Gasteiger partial charge in [0.25, 0.3) is 0 Å². The molecular formula is C55H95NO7. The van der Waals surface area contributed by atoms with Crippen LogP contribution < -0.4 is 5.11 Å². The van der Waals surface area contributed by atoms with Gasteiger partial charge in [0.2, 0.25) is 0 Å². The number of hydrogen-bond acceptors (Lipinski definition) is 7. The van der Waals surface area contributed by atoms with Crippen LogP contribution in [0.4, 0.5) is 0 Å². The van der Waals surface area contributed by atoms with Crippen LogP contribution in [0.1, 0.15) is 206 Å². The smallest absolute Gasteiger partial charge is 0.306 e. The molecule has 0 spiro atoms. The second-order valence-corrected chi connectivity index (χ2v) is 18.0. The van der Waals surface area contributed by atoms with Gasteiger partial charge < -0.3 is 28.6 Å². The number of rotatable bonds is 45. The van der Waals surface area contributed by atoms with Crippen molar-refractivity contribution in [2.75, 3.05) is 41.0 Å². The lowest BCUT2D eigenvalue weighted by atomic mass is 10.1. The number of quaternary nitrogens is 1. The third-order valence-electron chi connectivity index (χ3n) is 11.1. The lowest BCUT2D eigenvalue weighted by Crippen LogP contribution is -2.55. The standard InChI is InChI=1S/C55H95NO7/c1-6-8-10-12-14-16-18-20-22-24-25-26-27-28-30-32-34-36-38-40-42-44-46-54(58)63-51(49-61-48-47-52(55(59)60)56(3,4)5)50-62-53(57)45-43-41-39-37-35-33-31-29-23-21-19-17-15-13-11-9-7-2/h8,10,14,16,20-23,25-26,28,30,51-52H,6-7,9,11-13,15,17-19,24,27,29,31-50H2,1-5H3/b10-8+,16-14+,22-20+,23-21+,26-25+,30-28+. The van der Waals surface area contributed by atoms with Crippen molar-refractivity contribution in [3.8, 4) is 0 Å². The minimum Gasteiger partial charge on any atom is -0.544 e. The number of carboxylic acids is 1. The highest BCUT2D eigenvalue weighted by molar-refractivity contribution is 5.70. The number of carbonyl (C=O) groups is 3. The Balaban J connectivity index is 4.31. The lowest BCUT2D eigenvalue weighted by Gasteiger charge is -2.34. The summed E-state index contributed by atoms with van der Waals surface area (Å²) in [6, 6.07) is -0.733. The van der Waals surface area contributed by atoms with Crippen LogP contribution in [0.3, 0.4) is 0 Å². The summed E-state index contributed by atoms with van der Waals surface area (Å²) in [6.07, 6.45) is 57.8. The van der Waals surface area contributed by atoms with Crippen LogP contribution in [0.2, 0.25) is 0 Å². The summed E-state index contributed by atoms with van der Waals surface area (Å²) < 4.78 is 17.2. The molecule has 0 aromatic heterocycles. The van der Waals surface area contributed by atoms with Crippen LogP contribution in [0.15, 0.2) is 72.9 Å². The Morgan fingerprint density at radius 3 is 1.33 bits per heavy atom. The topological polar surface area (TPSA) is 102 Å². The largest absolute Gasteiger partial charge is 0.544 e. The van der Waals surface area contributed by atoms with Crippen LogP contribution in [-0.4, -0.2) is 75.5 Å². The van der Waals surface area contributed by atoms with Gasteiger partial charge in [0.15, 0.2) is 6.10 Å². The number of ether oxygens (including phenoxy) is 3. The summed E-state index contributed by atoms with van der Waals surface area (Å²) in [5.74, 6) is -1.76. The Bertz CT molecular complexity index is 1260. The number of nitrogens with zero attached hydrogens (tertiary/aromatic N) is 1. The van der Waals surface area contributed by atoms with Crippen LogP contribution in [0.25, 0.3) is 0 Å². The molecule has 0 rings (SSSR count).